The minimum atomic E-state index is -0.630. The number of carboxylic acid groups (broad SMARTS) is 1. The largest absolute Gasteiger partial charge is 0.480 e. The van der Waals surface area contributed by atoms with Crippen LogP contribution in [0.4, 0.5) is 0 Å². The van der Waals surface area contributed by atoms with Crippen molar-refractivity contribution in [2.24, 2.45) is 0 Å². The van der Waals surface area contributed by atoms with Crippen LogP contribution >= 0.6 is 0 Å². The Morgan fingerprint density at radius 2 is 1.14 bits per heavy atom. The average Bonchev–Trinajstić information content (AvgIpc) is 2.71. The van der Waals surface area contributed by atoms with Gasteiger partial charge in [0.1, 0.15) is 6.04 Å². The van der Waals surface area contributed by atoms with E-state index in [1.165, 1.54) is 64.2 Å². The molecule has 0 saturated heterocycles. The highest BCUT2D eigenvalue weighted by Gasteiger charge is 2.24. The highest BCUT2D eigenvalue weighted by atomic mass is 16.4. The van der Waals surface area contributed by atoms with Gasteiger partial charge in [-0.1, -0.05) is 97.1 Å². The summed E-state index contributed by atoms with van der Waals surface area (Å²) in [5, 5.41) is 9.70. The minimum absolute atomic E-state index is 0.287. The van der Waals surface area contributed by atoms with Gasteiger partial charge in [0.15, 0.2) is 0 Å². The van der Waals surface area contributed by atoms with E-state index < -0.39 is 5.97 Å². The van der Waals surface area contributed by atoms with E-state index in [2.05, 4.69) is 37.8 Å². The van der Waals surface area contributed by atoms with Crippen LogP contribution in [0.15, 0.2) is 12.2 Å². The molecular weight excluding hydrogens is 358 g/mol. The zero-order chi connectivity index (χ0) is 21.6. The molecule has 0 heterocycles. The van der Waals surface area contributed by atoms with Crippen LogP contribution in [0.2, 0.25) is 0 Å². The summed E-state index contributed by atoms with van der Waals surface area (Å²) in [7, 11) is 0. The number of rotatable bonds is 22. The summed E-state index contributed by atoms with van der Waals surface area (Å²) in [5.41, 5.74) is 0. The number of aliphatic carboxylic acids is 1. The molecule has 0 saturated carbocycles. The van der Waals surface area contributed by atoms with Crippen molar-refractivity contribution in [3.05, 3.63) is 12.2 Å². The molecule has 0 radical (unpaired) electrons. The fourth-order valence-corrected chi connectivity index (χ4v) is 3.84. The molecule has 0 aromatic heterocycles. The third-order valence-electron chi connectivity index (χ3n) is 5.81. The lowest BCUT2D eigenvalue weighted by Crippen LogP contribution is -2.42. The van der Waals surface area contributed by atoms with Crippen molar-refractivity contribution in [3.63, 3.8) is 0 Å². The second-order valence-electron chi connectivity index (χ2n) is 8.62. The lowest BCUT2D eigenvalue weighted by molar-refractivity contribution is -0.143. The van der Waals surface area contributed by atoms with Gasteiger partial charge in [-0.05, 0) is 58.0 Å². The lowest BCUT2D eigenvalue weighted by atomic mass is 10.0. The molecule has 1 unspecified atom stereocenters. The normalized spacial score (nSPS) is 12.8. The Hall–Kier alpha value is -0.830. The molecular formula is C26H51NO2. The van der Waals surface area contributed by atoms with E-state index >= 15 is 0 Å². The predicted octanol–water partition coefficient (Wildman–Crippen LogP) is 7.99. The first kappa shape index (κ1) is 28.2. The fourth-order valence-electron chi connectivity index (χ4n) is 3.84. The Morgan fingerprint density at radius 1 is 0.690 bits per heavy atom. The third-order valence-corrected chi connectivity index (χ3v) is 5.81. The molecule has 0 fully saturated rings. The van der Waals surface area contributed by atoms with Crippen LogP contribution < -0.4 is 0 Å². The molecule has 172 valence electrons. The van der Waals surface area contributed by atoms with Gasteiger partial charge in [-0.15, -0.1) is 0 Å². The van der Waals surface area contributed by atoms with Crippen molar-refractivity contribution >= 4 is 5.97 Å². The molecule has 3 heteroatoms. The molecule has 0 aliphatic rings. The Bertz CT molecular complexity index is 373. The number of carbonyl (C=O) groups is 1. The third kappa shape index (κ3) is 17.7. The summed E-state index contributed by atoms with van der Waals surface area (Å²) in [4.78, 5) is 14.0. The van der Waals surface area contributed by atoms with E-state index in [1.54, 1.807) is 0 Å². The van der Waals surface area contributed by atoms with E-state index in [9.17, 15) is 9.90 Å². The van der Waals surface area contributed by atoms with E-state index in [0.29, 0.717) is 0 Å². The number of unbranched alkanes of at least 4 members (excludes halogenated alkanes) is 12. The first-order valence-corrected chi connectivity index (χ1v) is 12.8. The molecule has 0 aliphatic heterocycles. The molecule has 29 heavy (non-hydrogen) atoms. The zero-order valence-electron chi connectivity index (χ0n) is 20.0. The maximum Gasteiger partial charge on any atom is 0.320 e. The number of hydrogen-bond donors (Lipinski definition) is 1. The van der Waals surface area contributed by atoms with Gasteiger partial charge in [0.25, 0.3) is 0 Å². The Balaban J connectivity index is 3.84. The molecule has 0 aromatic rings. The van der Waals surface area contributed by atoms with Crippen LogP contribution in [0.1, 0.15) is 130 Å². The van der Waals surface area contributed by atoms with Crippen LogP contribution in [0.3, 0.4) is 0 Å². The van der Waals surface area contributed by atoms with E-state index in [4.69, 9.17) is 0 Å². The van der Waals surface area contributed by atoms with Gasteiger partial charge in [0.05, 0.1) is 0 Å². The van der Waals surface area contributed by atoms with Crippen LogP contribution in [-0.2, 0) is 4.79 Å². The highest BCUT2D eigenvalue weighted by Crippen LogP contribution is 2.15. The number of carboxylic acids is 1. The van der Waals surface area contributed by atoms with Gasteiger partial charge in [0, 0.05) is 0 Å². The molecule has 0 amide bonds. The molecule has 0 spiro atoms. The lowest BCUT2D eigenvalue weighted by Gasteiger charge is -2.28. The summed E-state index contributed by atoms with van der Waals surface area (Å²) < 4.78 is 0. The maximum absolute atomic E-state index is 11.8. The Labute approximate surface area is 182 Å². The van der Waals surface area contributed by atoms with Gasteiger partial charge in [-0.25, -0.2) is 0 Å². The molecule has 0 rings (SSSR count). The maximum atomic E-state index is 11.8. The van der Waals surface area contributed by atoms with Gasteiger partial charge < -0.3 is 5.11 Å². The second-order valence-corrected chi connectivity index (χ2v) is 8.62. The number of nitrogens with zero attached hydrogens (tertiary/aromatic N) is 1. The monoisotopic (exact) mass is 409 g/mol. The van der Waals surface area contributed by atoms with Gasteiger partial charge in [-0.3, -0.25) is 9.69 Å². The van der Waals surface area contributed by atoms with Crippen LogP contribution in [-0.4, -0.2) is 35.1 Å². The van der Waals surface area contributed by atoms with Crippen molar-refractivity contribution < 1.29 is 9.90 Å². The van der Waals surface area contributed by atoms with Crippen molar-refractivity contribution in [1.29, 1.82) is 0 Å². The van der Waals surface area contributed by atoms with E-state index in [-0.39, 0.29) is 6.04 Å². The van der Waals surface area contributed by atoms with Crippen molar-refractivity contribution in [2.75, 3.05) is 13.1 Å². The molecule has 0 aliphatic carbocycles. The average molecular weight is 410 g/mol. The summed E-state index contributed by atoms with van der Waals surface area (Å²) in [5.74, 6) is -0.630. The van der Waals surface area contributed by atoms with Gasteiger partial charge in [-0.2, -0.15) is 0 Å². The van der Waals surface area contributed by atoms with Crippen LogP contribution in [0.25, 0.3) is 0 Å². The molecule has 0 aromatic carbocycles. The summed E-state index contributed by atoms with van der Waals surface area (Å²) >= 11 is 0. The predicted molar refractivity (Wildman–Crippen MR) is 128 cm³/mol. The molecule has 1 atom stereocenters. The van der Waals surface area contributed by atoms with Gasteiger partial charge >= 0.3 is 5.97 Å². The zero-order valence-corrected chi connectivity index (χ0v) is 20.0. The smallest absolute Gasteiger partial charge is 0.320 e. The topological polar surface area (TPSA) is 40.5 Å². The molecule has 1 N–H and O–H groups in total. The minimum Gasteiger partial charge on any atom is -0.480 e. The van der Waals surface area contributed by atoms with Crippen LogP contribution in [0.5, 0.6) is 0 Å². The van der Waals surface area contributed by atoms with Crippen LogP contribution in [0, 0.1) is 0 Å². The number of hydrogen-bond acceptors (Lipinski definition) is 2. The SMILES string of the molecule is CCCCCCCCC=CCCCCCCC(C(=O)O)N(CCCC)CCCC. The molecule has 0 bridgehead atoms. The Morgan fingerprint density at radius 3 is 1.62 bits per heavy atom. The van der Waals surface area contributed by atoms with Gasteiger partial charge in [0.2, 0.25) is 0 Å². The van der Waals surface area contributed by atoms with E-state index in [0.717, 1.165) is 58.0 Å². The summed E-state index contributed by atoms with van der Waals surface area (Å²) in [6.45, 7) is 8.47. The van der Waals surface area contributed by atoms with Crippen molar-refractivity contribution in [3.8, 4) is 0 Å². The standard InChI is InChI=1S/C26H51NO2/c1-4-7-10-11-12-13-14-15-16-17-18-19-20-21-22-25(26(28)29)27(23-8-5-2)24-9-6-3/h15-16,25H,4-14,17-24H2,1-3H3,(H,28,29). The van der Waals surface area contributed by atoms with Crippen molar-refractivity contribution in [1.82, 2.24) is 4.90 Å². The fraction of sp³-hybridized carbons (Fsp3) is 0.885. The van der Waals surface area contributed by atoms with E-state index in [1.807, 2.05) is 0 Å². The first-order chi connectivity index (χ1) is 14.2. The summed E-state index contributed by atoms with van der Waals surface area (Å²) in [6.07, 6.45) is 25.2. The molecule has 3 nitrogen and oxygen atoms in total. The Kier molecular flexibility index (Phi) is 21.2. The first-order valence-electron chi connectivity index (χ1n) is 12.8. The van der Waals surface area contributed by atoms with Crippen molar-refractivity contribution in [2.45, 2.75) is 136 Å². The quantitative estimate of drug-likeness (QED) is 0.145. The second kappa shape index (κ2) is 21.9. The summed E-state index contributed by atoms with van der Waals surface area (Å²) in [6, 6.07) is -0.287. The highest BCUT2D eigenvalue weighted by molar-refractivity contribution is 5.73. The number of allylic oxidation sites excluding steroid dienone is 2.